The highest BCUT2D eigenvalue weighted by atomic mass is 127. The molecule has 0 aliphatic carbocycles. The highest BCUT2D eigenvalue weighted by molar-refractivity contribution is 14.0. The topological polar surface area (TPSA) is 58.1 Å². The molecular formula is C22H28F3IN4O2. The smallest absolute Gasteiger partial charge is 0.405 e. The maximum absolute atomic E-state index is 12.6. The summed E-state index contributed by atoms with van der Waals surface area (Å²) in [7, 11) is 1.62. The average molecular weight is 564 g/mol. The molecule has 0 aromatic heterocycles. The van der Waals surface area contributed by atoms with E-state index in [2.05, 4.69) is 37.4 Å². The number of nitrogens with zero attached hydrogens (tertiary/aromatic N) is 2. The van der Waals surface area contributed by atoms with E-state index in [1.165, 1.54) is 17.7 Å². The minimum atomic E-state index is -4.74. The molecule has 1 aliphatic heterocycles. The van der Waals surface area contributed by atoms with E-state index in [9.17, 15) is 13.2 Å². The normalized spacial score (nSPS) is 15.1. The molecule has 32 heavy (non-hydrogen) atoms. The molecule has 10 heteroatoms. The largest absolute Gasteiger partial charge is 0.573 e. The van der Waals surface area contributed by atoms with Crippen LogP contribution in [0.4, 0.5) is 13.2 Å². The summed E-state index contributed by atoms with van der Waals surface area (Å²) in [5.41, 5.74) is 2.74. The van der Waals surface area contributed by atoms with Gasteiger partial charge in [-0.15, -0.1) is 37.1 Å². The SMILES string of the molecule is CN=C(NCc1ccccc1CN1CCOCC1)NCc1ccccc1OC(F)(F)F.I. The Morgan fingerprint density at radius 2 is 1.53 bits per heavy atom. The minimum absolute atomic E-state index is 0. The third-order valence-corrected chi connectivity index (χ3v) is 4.93. The molecule has 1 fully saturated rings. The van der Waals surface area contributed by atoms with Crippen molar-refractivity contribution in [2.75, 3.05) is 33.4 Å². The van der Waals surface area contributed by atoms with Crippen molar-refractivity contribution in [2.24, 2.45) is 4.99 Å². The predicted molar refractivity (Wildman–Crippen MR) is 128 cm³/mol. The first-order chi connectivity index (χ1) is 14.9. The van der Waals surface area contributed by atoms with Gasteiger partial charge in [0.2, 0.25) is 0 Å². The van der Waals surface area contributed by atoms with Gasteiger partial charge < -0.3 is 20.1 Å². The molecule has 2 aromatic carbocycles. The van der Waals surface area contributed by atoms with E-state index in [1.807, 2.05) is 12.1 Å². The van der Waals surface area contributed by atoms with Crippen LogP contribution in [0.2, 0.25) is 0 Å². The van der Waals surface area contributed by atoms with Gasteiger partial charge in [-0.3, -0.25) is 9.89 Å². The zero-order valence-electron chi connectivity index (χ0n) is 17.8. The van der Waals surface area contributed by atoms with Gasteiger partial charge in [-0.05, 0) is 17.2 Å². The fourth-order valence-electron chi connectivity index (χ4n) is 3.34. The summed E-state index contributed by atoms with van der Waals surface area (Å²) < 4.78 is 47.3. The molecule has 1 aliphatic rings. The highest BCUT2D eigenvalue weighted by Gasteiger charge is 2.31. The van der Waals surface area contributed by atoms with Gasteiger partial charge in [0.25, 0.3) is 0 Å². The van der Waals surface area contributed by atoms with Crippen LogP contribution in [0.3, 0.4) is 0 Å². The van der Waals surface area contributed by atoms with Crippen molar-refractivity contribution in [2.45, 2.75) is 26.0 Å². The van der Waals surface area contributed by atoms with Crippen LogP contribution in [0.5, 0.6) is 5.75 Å². The Labute approximate surface area is 203 Å². The van der Waals surface area contributed by atoms with Gasteiger partial charge in [0.05, 0.1) is 13.2 Å². The quantitative estimate of drug-likeness (QED) is 0.304. The van der Waals surface area contributed by atoms with E-state index in [4.69, 9.17) is 4.74 Å². The number of hydrogen-bond acceptors (Lipinski definition) is 4. The molecule has 0 amide bonds. The van der Waals surface area contributed by atoms with Crippen molar-refractivity contribution >= 4 is 29.9 Å². The Hall–Kier alpha value is -2.05. The highest BCUT2D eigenvalue weighted by Crippen LogP contribution is 2.26. The van der Waals surface area contributed by atoms with Crippen LogP contribution in [-0.2, 0) is 24.4 Å². The van der Waals surface area contributed by atoms with E-state index in [1.54, 1.807) is 19.2 Å². The molecule has 0 saturated carbocycles. The van der Waals surface area contributed by atoms with Gasteiger partial charge >= 0.3 is 6.36 Å². The summed E-state index contributed by atoms with van der Waals surface area (Å²) in [6.07, 6.45) is -4.74. The lowest BCUT2D eigenvalue weighted by molar-refractivity contribution is -0.274. The molecule has 176 valence electrons. The molecule has 2 N–H and O–H groups in total. The van der Waals surface area contributed by atoms with Crippen LogP contribution in [0.25, 0.3) is 0 Å². The maximum Gasteiger partial charge on any atom is 0.573 e. The average Bonchev–Trinajstić information content (AvgIpc) is 2.75. The van der Waals surface area contributed by atoms with Crippen LogP contribution in [0.1, 0.15) is 16.7 Å². The molecule has 0 bridgehead atoms. The first-order valence-electron chi connectivity index (χ1n) is 10.1. The molecular weight excluding hydrogens is 536 g/mol. The number of alkyl halides is 3. The van der Waals surface area contributed by atoms with Gasteiger partial charge in [-0.25, -0.2) is 0 Å². The molecule has 0 spiro atoms. The number of ether oxygens (including phenoxy) is 2. The number of benzene rings is 2. The van der Waals surface area contributed by atoms with Gasteiger partial charge in [0.15, 0.2) is 5.96 Å². The van der Waals surface area contributed by atoms with E-state index in [0.717, 1.165) is 38.4 Å². The standard InChI is InChI=1S/C22H27F3N4O2.HI/c1-26-21(28-15-18-7-4-5-9-20(18)31-22(23,24)25)27-14-17-6-2-3-8-19(17)16-29-10-12-30-13-11-29;/h2-9H,10-16H2,1H3,(H2,26,27,28);1H. The Kier molecular flexibility index (Phi) is 10.5. The van der Waals surface area contributed by atoms with Crippen LogP contribution in [-0.4, -0.2) is 50.6 Å². The molecule has 0 radical (unpaired) electrons. The second-order valence-electron chi connectivity index (χ2n) is 7.09. The third-order valence-electron chi connectivity index (χ3n) is 4.93. The molecule has 3 rings (SSSR count). The monoisotopic (exact) mass is 564 g/mol. The van der Waals surface area contributed by atoms with Gasteiger partial charge in [-0.2, -0.15) is 0 Å². The molecule has 6 nitrogen and oxygen atoms in total. The summed E-state index contributed by atoms with van der Waals surface area (Å²) in [5.74, 6) is 0.261. The summed E-state index contributed by atoms with van der Waals surface area (Å²) in [5, 5.41) is 6.28. The number of morpholine rings is 1. The van der Waals surface area contributed by atoms with Crippen LogP contribution in [0.15, 0.2) is 53.5 Å². The van der Waals surface area contributed by atoms with E-state index in [-0.39, 0.29) is 36.3 Å². The lowest BCUT2D eigenvalue weighted by atomic mass is 10.1. The summed E-state index contributed by atoms with van der Waals surface area (Å²) >= 11 is 0. The van der Waals surface area contributed by atoms with Crippen molar-refractivity contribution in [1.82, 2.24) is 15.5 Å². The second-order valence-corrected chi connectivity index (χ2v) is 7.09. The number of rotatable bonds is 7. The molecule has 1 heterocycles. The first-order valence-corrected chi connectivity index (χ1v) is 10.1. The zero-order valence-corrected chi connectivity index (χ0v) is 20.2. The van der Waals surface area contributed by atoms with Crippen molar-refractivity contribution < 1.29 is 22.6 Å². The molecule has 2 aromatic rings. The lowest BCUT2D eigenvalue weighted by Gasteiger charge is -2.27. The number of nitrogens with one attached hydrogen (secondary N) is 2. The van der Waals surface area contributed by atoms with E-state index >= 15 is 0 Å². The molecule has 1 saturated heterocycles. The number of hydrogen-bond donors (Lipinski definition) is 2. The van der Waals surface area contributed by atoms with E-state index < -0.39 is 6.36 Å². The van der Waals surface area contributed by atoms with Crippen LogP contribution in [0, 0.1) is 0 Å². The second kappa shape index (κ2) is 12.9. The maximum atomic E-state index is 12.6. The van der Waals surface area contributed by atoms with Crippen LogP contribution >= 0.6 is 24.0 Å². The van der Waals surface area contributed by atoms with E-state index in [0.29, 0.717) is 18.1 Å². The van der Waals surface area contributed by atoms with Crippen molar-refractivity contribution in [1.29, 1.82) is 0 Å². The summed E-state index contributed by atoms with van der Waals surface area (Å²) in [6, 6.07) is 14.2. The van der Waals surface area contributed by atoms with Crippen molar-refractivity contribution in [3.8, 4) is 5.75 Å². The van der Waals surface area contributed by atoms with Gasteiger partial charge in [0, 0.05) is 45.3 Å². The fraction of sp³-hybridized carbons (Fsp3) is 0.409. The Morgan fingerprint density at radius 3 is 2.16 bits per heavy atom. The summed E-state index contributed by atoms with van der Waals surface area (Å²) in [4.78, 5) is 6.53. The number of guanidine groups is 1. The van der Waals surface area contributed by atoms with Crippen LogP contribution < -0.4 is 15.4 Å². The predicted octanol–water partition coefficient (Wildman–Crippen LogP) is 3.90. The Balaban J connectivity index is 0.00000363. The van der Waals surface area contributed by atoms with Crippen molar-refractivity contribution in [3.63, 3.8) is 0 Å². The fourth-order valence-corrected chi connectivity index (χ4v) is 3.34. The Bertz CT molecular complexity index is 874. The molecule has 0 atom stereocenters. The molecule has 0 unspecified atom stereocenters. The summed E-state index contributed by atoms with van der Waals surface area (Å²) in [6.45, 7) is 4.83. The minimum Gasteiger partial charge on any atom is -0.405 e. The zero-order chi connectivity index (χ0) is 22.1. The number of para-hydroxylation sites is 1. The number of halogens is 4. The van der Waals surface area contributed by atoms with Gasteiger partial charge in [0.1, 0.15) is 5.75 Å². The van der Waals surface area contributed by atoms with Gasteiger partial charge in [-0.1, -0.05) is 42.5 Å². The first kappa shape index (κ1) is 26.2. The van der Waals surface area contributed by atoms with Crippen molar-refractivity contribution in [3.05, 3.63) is 65.2 Å². The Morgan fingerprint density at radius 1 is 0.969 bits per heavy atom. The number of aliphatic imine (C=N–C) groups is 1. The lowest BCUT2D eigenvalue weighted by Crippen LogP contribution is -2.37. The third kappa shape index (κ3) is 8.47.